The number of cyclic esters (lactones) is 1. The average molecular weight is 520 g/mol. The first-order valence-electron chi connectivity index (χ1n) is 11.5. The highest BCUT2D eigenvalue weighted by atomic mass is 16.8. The highest BCUT2D eigenvalue weighted by Gasteiger charge is 2.48. The maximum Gasteiger partial charge on any atom is 0.374 e. The van der Waals surface area contributed by atoms with Crippen LogP contribution in [0.1, 0.15) is 12.0 Å². The minimum atomic E-state index is -1.71. The number of benzene rings is 1. The number of esters is 1. The van der Waals surface area contributed by atoms with Crippen LogP contribution in [0, 0.1) is 11.8 Å². The second kappa shape index (κ2) is 11.0. The van der Waals surface area contributed by atoms with E-state index < -0.39 is 79.2 Å². The summed E-state index contributed by atoms with van der Waals surface area (Å²) in [6.45, 7) is 3.08. The molecular weight excluding hydrogens is 492 g/mol. The first kappa shape index (κ1) is 26.8. The molecule has 0 aliphatic carbocycles. The third-order valence-electron chi connectivity index (χ3n) is 6.72. The molecular formula is C25H28O12. The van der Waals surface area contributed by atoms with Gasteiger partial charge in [0.25, 0.3) is 0 Å². The van der Waals surface area contributed by atoms with E-state index in [2.05, 4.69) is 6.58 Å². The summed E-state index contributed by atoms with van der Waals surface area (Å²) in [5, 5.41) is 60.0. The van der Waals surface area contributed by atoms with Crippen molar-refractivity contribution < 1.29 is 59.2 Å². The van der Waals surface area contributed by atoms with E-state index in [1.807, 2.05) is 0 Å². The quantitative estimate of drug-likeness (QED) is 0.196. The third kappa shape index (κ3) is 5.12. The SMILES string of the molecule is C=CC1C(OC2OC(CO)C(O)C(O)C2O)OC=C(C(=O)O)C1CC1OC(=O)C(O)=C1c1ccccc1. The first-order chi connectivity index (χ1) is 17.7. The zero-order valence-electron chi connectivity index (χ0n) is 19.5. The van der Waals surface area contributed by atoms with Crippen LogP contribution < -0.4 is 0 Å². The second-order valence-corrected chi connectivity index (χ2v) is 8.89. The summed E-state index contributed by atoms with van der Waals surface area (Å²) in [7, 11) is 0. The van der Waals surface area contributed by atoms with E-state index in [0.29, 0.717) is 5.56 Å². The number of carboxylic acids is 1. The lowest BCUT2D eigenvalue weighted by atomic mass is 9.78. The van der Waals surface area contributed by atoms with Crippen LogP contribution in [0.4, 0.5) is 0 Å². The Balaban J connectivity index is 1.61. The third-order valence-corrected chi connectivity index (χ3v) is 6.72. The highest BCUT2D eigenvalue weighted by molar-refractivity contribution is 6.00. The maximum absolute atomic E-state index is 12.2. The Bertz CT molecular complexity index is 1080. The van der Waals surface area contributed by atoms with E-state index in [1.165, 1.54) is 6.08 Å². The molecule has 3 aliphatic rings. The summed E-state index contributed by atoms with van der Waals surface area (Å²) in [5.41, 5.74) is 0.553. The summed E-state index contributed by atoms with van der Waals surface area (Å²) >= 11 is 0. The molecule has 0 saturated carbocycles. The van der Waals surface area contributed by atoms with Gasteiger partial charge in [0.05, 0.1) is 18.4 Å². The number of aliphatic hydroxyl groups excluding tert-OH is 5. The van der Waals surface area contributed by atoms with E-state index in [1.54, 1.807) is 30.3 Å². The average Bonchev–Trinajstić information content (AvgIpc) is 3.17. The van der Waals surface area contributed by atoms with Crippen molar-refractivity contribution in [1.82, 2.24) is 0 Å². The summed E-state index contributed by atoms with van der Waals surface area (Å²) < 4.78 is 22.0. The van der Waals surface area contributed by atoms with Crippen LogP contribution in [0.15, 0.2) is 60.6 Å². The monoisotopic (exact) mass is 520 g/mol. The van der Waals surface area contributed by atoms with Crippen molar-refractivity contribution >= 4 is 17.5 Å². The van der Waals surface area contributed by atoms with Gasteiger partial charge in [-0.25, -0.2) is 9.59 Å². The fourth-order valence-corrected chi connectivity index (χ4v) is 4.76. The van der Waals surface area contributed by atoms with Gasteiger partial charge in [-0.2, -0.15) is 0 Å². The van der Waals surface area contributed by atoms with Crippen LogP contribution >= 0.6 is 0 Å². The number of hydrogen-bond acceptors (Lipinski definition) is 11. The molecule has 4 rings (SSSR count). The molecule has 3 heterocycles. The van der Waals surface area contributed by atoms with Crippen LogP contribution in [0.2, 0.25) is 0 Å². The molecule has 6 N–H and O–H groups in total. The summed E-state index contributed by atoms with van der Waals surface area (Å²) in [5.74, 6) is -4.61. The van der Waals surface area contributed by atoms with Crippen LogP contribution in [0.25, 0.3) is 5.57 Å². The van der Waals surface area contributed by atoms with Crippen LogP contribution in [-0.2, 0) is 28.5 Å². The van der Waals surface area contributed by atoms with Gasteiger partial charge in [0, 0.05) is 17.4 Å². The van der Waals surface area contributed by atoms with E-state index in [9.17, 15) is 40.2 Å². The van der Waals surface area contributed by atoms with Crippen molar-refractivity contribution in [3.05, 3.63) is 66.1 Å². The molecule has 1 aromatic carbocycles. The predicted molar refractivity (Wildman–Crippen MR) is 123 cm³/mol. The molecule has 1 fully saturated rings. The Labute approximate surface area is 211 Å². The number of carbonyl (C=O) groups excluding carboxylic acids is 1. The van der Waals surface area contributed by atoms with Gasteiger partial charge in [0.2, 0.25) is 12.0 Å². The lowest BCUT2D eigenvalue weighted by Crippen LogP contribution is -2.60. The molecule has 0 aromatic heterocycles. The van der Waals surface area contributed by atoms with E-state index >= 15 is 0 Å². The van der Waals surface area contributed by atoms with Gasteiger partial charge in [-0.1, -0.05) is 36.4 Å². The van der Waals surface area contributed by atoms with Crippen LogP contribution in [-0.4, -0.2) is 92.3 Å². The molecule has 9 atom stereocenters. The number of rotatable bonds is 8. The van der Waals surface area contributed by atoms with Crippen molar-refractivity contribution in [1.29, 1.82) is 0 Å². The van der Waals surface area contributed by atoms with Crippen LogP contribution in [0.3, 0.4) is 0 Å². The lowest BCUT2D eigenvalue weighted by Gasteiger charge is -2.43. The minimum absolute atomic E-state index is 0.0905. The van der Waals surface area contributed by atoms with Gasteiger partial charge in [-0.3, -0.25) is 0 Å². The van der Waals surface area contributed by atoms with E-state index in [4.69, 9.17) is 18.9 Å². The van der Waals surface area contributed by atoms with E-state index in [-0.39, 0.29) is 17.6 Å². The highest BCUT2D eigenvalue weighted by Crippen LogP contribution is 2.42. The fraction of sp³-hybridized carbons (Fsp3) is 0.440. The Morgan fingerprint density at radius 1 is 1.08 bits per heavy atom. The van der Waals surface area contributed by atoms with Gasteiger partial charge in [-0.15, -0.1) is 6.58 Å². The predicted octanol–water partition coefficient (Wildman–Crippen LogP) is -0.169. The number of aliphatic hydroxyl groups is 5. The largest absolute Gasteiger partial charge is 0.502 e. The molecule has 12 nitrogen and oxygen atoms in total. The molecule has 12 heteroatoms. The molecule has 1 saturated heterocycles. The van der Waals surface area contributed by atoms with Gasteiger partial charge < -0.3 is 49.6 Å². The first-order valence-corrected chi connectivity index (χ1v) is 11.5. The summed E-state index contributed by atoms with van der Waals surface area (Å²) in [6.07, 6.45) is -7.81. The van der Waals surface area contributed by atoms with Crippen molar-refractivity contribution in [2.45, 2.75) is 49.5 Å². The Morgan fingerprint density at radius 3 is 2.41 bits per heavy atom. The zero-order chi connectivity index (χ0) is 26.9. The molecule has 1 aromatic rings. The van der Waals surface area contributed by atoms with E-state index in [0.717, 1.165) is 6.26 Å². The van der Waals surface area contributed by atoms with Crippen molar-refractivity contribution in [3.63, 3.8) is 0 Å². The van der Waals surface area contributed by atoms with Gasteiger partial charge in [-0.05, 0) is 12.0 Å². The standard InChI is InChI=1S/C25H28O12/c1-2-12-13(8-15-17(19(28)23(33)35-15)11-6-4-3-5-7-11)14(22(31)32)10-34-24(12)37-25-21(30)20(29)18(27)16(9-26)36-25/h2-7,10,12-13,15-16,18,20-21,24-30H,1,8-9H2,(H,31,32). The normalized spacial score (nSPS) is 35.9. The molecule has 37 heavy (non-hydrogen) atoms. The van der Waals surface area contributed by atoms with Crippen molar-refractivity contribution in [3.8, 4) is 0 Å². The molecule has 0 radical (unpaired) electrons. The molecule has 0 bridgehead atoms. The molecule has 0 amide bonds. The number of ether oxygens (including phenoxy) is 4. The van der Waals surface area contributed by atoms with Crippen molar-refractivity contribution in [2.24, 2.45) is 11.8 Å². The molecule has 200 valence electrons. The topological polar surface area (TPSA) is 192 Å². The number of carboxylic acid groups (broad SMARTS) is 1. The minimum Gasteiger partial charge on any atom is -0.502 e. The smallest absolute Gasteiger partial charge is 0.374 e. The number of hydrogen-bond donors (Lipinski definition) is 6. The van der Waals surface area contributed by atoms with Gasteiger partial charge in [0.15, 0.2) is 6.29 Å². The molecule has 3 aliphatic heterocycles. The summed E-state index contributed by atoms with van der Waals surface area (Å²) in [4.78, 5) is 24.3. The van der Waals surface area contributed by atoms with Gasteiger partial charge >= 0.3 is 11.9 Å². The number of aliphatic carboxylic acids is 1. The van der Waals surface area contributed by atoms with Crippen molar-refractivity contribution in [2.75, 3.05) is 6.61 Å². The molecule has 0 spiro atoms. The molecule has 9 unspecified atom stereocenters. The van der Waals surface area contributed by atoms with Gasteiger partial charge in [0.1, 0.15) is 30.5 Å². The Kier molecular flexibility index (Phi) is 7.97. The van der Waals surface area contributed by atoms with Crippen LogP contribution in [0.5, 0.6) is 0 Å². The Hall–Kier alpha value is -3.26. The second-order valence-electron chi connectivity index (χ2n) is 8.89. The lowest BCUT2D eigenvalue weighted by molar-refractivity contribution is -0.339. The Morgan fingerprint density at radius 2 is 1.78 bits per heavy atom. The summed E-state index contributed by atoms with van der Waals surface area (Å²) in [6, 6.07) is 8.53. The maximum atomic E-state index is 12.2. The zero-order valence-corrected chi connectivity index (χ0v) is 19.5. The fourth-order valence-electron chi connectivity index (χ4n) is 4.76. The number of carbonyl (C=O) groups is 2.